The molecule has 0 radical (unpaired) electrons. The van der Waals surface area contributed by atoms with Gasteiger partial charge in [0, 0.05) is 6.26 Å². The largest absolute Gasteiger partial charge is 0.417 e. The SMILES string of the molecule is CCCCN1CCC(c2ccc(-c3ccc(C(F)(F)F)c(S(C)(=O)=O)c3-c3nn[nH]n3)cc2)CC1. The Morgan fingerprint density at radius 3 is 2.31 bits per heavy atom. The summed E-state index contributed by atoms with van der Waals surface area (Å²) in [6.45, 7) is 5.40. The monoisotopic (exact) mass is 507 g/mol. The summed E-state index contributed by atoms with van der Waals surface area (Å²) in [6.07, 6.45) is 0.362. The van der Waals surface area contributed by atoms with Gasteiger partial charge in [0.05, 0.1) is 16.0 Å². The number of rotatable bonds is 7. The van der Waals surface area contributed by atoms with Crippen molar-refractivity contribution in [2.45, 2.75) is 49.6 Å². The van der Waals surface area contributed by atoms with E-state index in [1.807, 2.05) is 24.3 Å². The van der Waals surface area contributed by atoms with E-state index in [-0.39, 0.29) is 11.4 Å². The Morgan fingerprint density at radius 1 is 1.09 bits per heavy atom. The summed E-state index contributed by atoms with van der Waals surface area (Å²) >= 11 is 0. The molecule has 0 saturated carbocycles. The van der Waals surface area contributed by atoms with Crippen LogP contribution < -0.4 is 0 Å². The fraction of sp³-hybridized carbons (Fsp3) is 0.458. The van der Waals surface area contributed by atoms with E-state index in [9.17, 15) is 21.6 Å². The standard InChI is InChI=1S/C24H28F3N5O2S/c1-3-4-13-32-14-11-17(12-15-32)16-5-7-18(8-6-16)19-9-10-20(24(25,26)27)22(35(2,33)34)21(19)23-28-30-31-29-23/h5-10,17H,3-4,11-15H2,1-2H3,(H,28,29,30,31). The Hall–Kier alpha value is -2.79. The first-order valence-electron chi connectivity index (χ1n) is 11.6. The third-order valence-corrected chi connectivity index (χ3v) is 7.68. The second-order valence-electron chi connectivity index (χ2n) is 8.96. The number of hydrogen-bond donors (Lipinski definition) is 1. The average Bonchev–Trinajstić information content (AvgIpc) is 3.36. The van der Waals surface area contributed by atoms with E-state index in [0.717, 1.165) is 44.8 Å². The molecule has 188 valence electrons. The van der Waals surface area contributed by atoms with Crippen LogP contribution in [0.25, 0.3) is 22.5 Å². The summed E-state index contributed by atoms with van der Waals surface area (Å²) < 4.78 is 66.4. The number of aromatic nitrogens is 4. The maximum Gasteiger partial charge on any atom is 0.417 e. The highest BCUT2D eigenvalue weighted by Gasteiger charge is 2.39. The normalized spacial score (nSPS) is 16.0. The third-order valence-electron chi connectivity index (χ3n) is 6.51. The summed E-state index contributed by atoms with van der Waals surface area (Å²) in [6, 6.07) is 9.65. The van der Waals surface area contributed by atoms with Gasteiger partial charge in [-0.2, -0.15) is 18.4 Å². The predicted molar refractivity (Wildman–Crippen MR) is 126 cm³/mol. The number of benzene rings is 2. The number of hydrogen-bond acceptors (Lipinski definition) is 6. The lowest BCUT2D eigenvalue weighted by Gasteiger charge is -2.32. The molecule has 1 aromatic heterocycles. The van der Waals surface area contributed by atoms with Gasteiger partial charge in [0.15, 0.2) is 9.84 Å². The second-order valence-corrected chi connectivity index (χ2v) is 10.9. The Balaban J connectivity index is 1.72. The summed E-state index contributed by atoms with van der Waals surface area (Å²) in [4.78, 5) is 1.63. The molecule has 0 bridgehead atoms. The van der Waals surface area contributed by atoms with Crippen LogP contribution in [0.15, 0.2) is 41.3 Å². The zero-order valence-corrected chi connectivity index (χ0v) is 20.5. The molecule has 1 saturated heterocycles. The van der Waals surface area contributed by atoms with Gasteiger partial charge in [-0.3, -0.25) is 0 Å². The highest BCUT2D eigenvalue weighted by atomic mass is 32.2. The molecule has 7 nitrogen and oxygen atoms in total. The van der Waals surface area contributed by atoms with Crippen LogP contribution in [0, 0.1) is 0 Å². The smallest absolute Gasteiger partial charge is 0.303 e. The zero-order chi connectivity index (χ0) is 25.2. The van der Waals surface area contributed by atoms with Crippen LogP contribution in [0.1, 0.15) is 49.7 Å². The van der Waals surface area contributed by atoms with Gasteiger partial charge in [0.1, 0.15) is 0 Å². The Kier molecular flexibility index (Phi) is 7.27. The topological polar surface area (TPSA) is 91.8 Å². The van der Waals surface area contributed by atoms with E-state index in [0.29, 0.717) is 17.0 Å². The number of halogens is 3. The number of sulfone groups is 1. The highest BCUT2D eigenvalue weighted by molar-refractivity contribution is 7.91. The van der Waals surface area contributed by atoms with Crippen molar-refractivity contribution in [1.29, 1.82) is 0 Å². The molecule has 0 unspecified atom stereocenters. The van der Waals surface area contributed by atoms with Gasteiger partial charge < -0.3 is 4.90 Å². The fourth-order valence-electron chi connectivity index (χ4n) is 4.73. The number of nitrogens with zero attached hydrogens (tertiary/aromatic N) is 4. The summed E-state index contributed by atoms with van der Waals surface area (Å²) in [5.41, 5.74) is 0.566. The number of likely N-dealkylation sites (tertiary alicyclic amines) is 1. The number of nitrogens with one attached hydrogen (secondary N) is 1. The summed E-state index contributed by atoms with van der Waals surface area (Å²) in [7, 11) is -4.29. The first-order chi connectivity index (χ1) is 16.6. The molecular formula is C24H28F3N5O2S. The molecule has 1 fully saturated rings. The van der Waals surface area contributed by atoms with Crippen molar-refractivity contribution in [1.82, 2.24) is 25.5 Å². The van der Waals surface area contributed by atoms with Gasteiger partial charge in [-0.25, -0.2) is 8.42 Å². The Labute approximate surface area is 202 Å². The predicted octanol–water partition coefficient (Wildman–Crippen LogP) is 4.94. The highest BCUT2D eigenvalue weighted by Crippen LogP contribution is 2.43. The lowest BCUT2D eigenvalue weighted by molar-refractivity contribution is -0.139. The minimum Gasteiger partial charge on any atom is -0.303 e. The Morgan fingerprint density at radius 2 is 1.77 bits per heavy atom. The van der Waals surface area contributed by atoms with Crippen molar-refractivity contribution in [2.24, 2.45) is 0 Å². The van der Waals surface area contributed by atoms with Crippen LogP contribution in [0.4, 0.5) is 13.2 Å². The van der Waals surface area contributed by atoms with E-state index < -0.39 is 26.5 Å². The maximum absolute atomic E-state index is 13.8. The van der Waals surface area contributed by atoms with Crippen LogP contribution in [0.5, 0.6) is 0 Å². The van der Waals surface area contributed by atoms with Crippen LogP contribution in [0.3, 0.4) is 0 Å². The minimum absolute atomic E-state index is 0.213. The number of alkyl halides is 3. The second kappa shape index (κ2) is 10.1. The van der Waals surface area contributed by atoms with Gasteiger partial charge in [0.2, 0.25) is 5.82 Å². The molecule has 1 aliphatic heterocycles. The molecule has 2 heterocycles. The van der Waals surface area contributed by atoms with Gasteiger partial charge in [-0.1, -0.05) is 43.7 Å². The molecule has 35 heavy (non-hydrogen) atoms. The van der Waals surface area contributed by atoms with E-state index in [1.54, 1.807) is 0 Å². The van der Waals surface area contributed by atoms with E-state index in [2.05, 4.69) is 32.4 Å². The fourth-order valence-corrected chi connectivity index (χ4v) is 5.88. The molecule has 2 aromatic carbocycles. The molecule has 11 heteroatoms. The first kappa shape index (κ1) is 25.3. The van der Waals surface area contributed by atoms with E-state index in [1.165, 1.54) is 24.5 Å². The van der Waals surface area contributed by atoms with Crippen LogP contribution in [-0.2, 0) is 16.0 Å². The van der Waals surface area contributed by atoms with Crippen molar-refractivity contribution >= 4 is 9.84 Å². The molecular weight excluding hydrogens is 479 g/mol. The molecule has 0 spiro atoms. The maximum atomic E-state index is 13.8. The van der Waals surface area contributed by atoms with Crippen LogP contribution in [0.2, 0.25) is 0 Å². The molecule has 0 aliphatic carbocycles. The molecule has 0 atom stereocenters. The Bertz CT molecular complexity index is 1250. The number of tetrazole rings is 1. The van der Waals surface area contributed by atoms with Crippen LogP contribution >= 0.6 is 0 Å². The van der Waals surface area contributed by atoms with Crippen molar-refractivity contribution in [2.75, 3.05) is 25.9 Å². The van der Waals surface area contributed by atoms with Gasteiger partial charge >= 0.3 is 6.18 Å². The zero-order valence-electron chi connectivity index (χ0n) is 19.6. The van der Waals surface area contributed by atoms with Crippen molar-refractivity contribution in [3.8, 4) is 22.5 Å². The van der Waals surface area contributed by atoms with Crippen LogP contribution in [-0.4, -0.2) is 59.8 Å². The third kappa shape index (κ3) is 5.56. The number of piperidine rings is 1. The van der Waals surface area contributed by atoms with Gasteiger partial charge in [-0.05, 0) is 72.8 Å². The van der Waals surface area contributed by atoms with Gasteiger partial charge in [-0.15, -0.1) is 10.2 Å². The van der Waals surface area contributed by atoms with Crippen molar-refractivity contribution < 1.29 is 21.6 Å². The molecule has 3 aromatic rings. The summed E-state index contributed by atoms with van der Waals surface area (Å²) in [5, 5.41) is 13.2. The van der Waals surface area contributed by atoms with E-state index >= 15 is 0 Å². The van der Waals surface area contributed by atoms with Gasteiger partial charge in [0.25, 0.3) is 0 Å². The van der Waals surface area contributed by atoms with Crippen molar-refractivity contribution in [3.63, 3.8) is 0 Å². The average molecular weight is 508 g/mol. The number of aromatic amines is 1. The lowest BCUT2D eigenvalue weighted by Crippen LogP contribution is -2.33. The minimum atomic E-state index is -4.87. The number of H-pyrrole nitrogens is 1. The molecule has 0 amide bonds. The number of unbranched alkanes of at least 4 members (excludes halogenated alkanes) is 1. The van der Waals surface area contributed by atoms with Crippen molar-refractivity contribution in [3.05, 3.63) is 47.5 Å². The molecule has 1 aliphatic rings. The summed E-state index contributed by atoms with van der Waals surface area (Å²) in [5.74, 6) is 0.202. The van der Waals surface area contributed by atoms with E-state index in [4.69, 9.17) is 0 Å². The lowest BCUT2D eigenvalue weighted by atomic mass is 9.88. The quantitative estimate of drug-likeness (QED) is 0.487. The molecule has 1 N–H and O–H groups in total. The first-order valence-corrected chi connectivity index (χ1v) is 13.5. The molecule has 4 rings (SSSR count).